The van der Waals surface area contributed by atoms with Gasteiger partial charge in [0.1, 0.15) is 22.3 Å². The first-order chi connectivity index (χ1) is 26.8. The molecule has 4 nitrogen and oxygen atoms in total. The van der Waals surface area contributed by atoms with E-state index in [0.29, 0.717) is 0 Å². The number of benzene rings is 8. The van der Waals surface area contributed by atoms with Gasteiger partial charge in [-0.15, -0.1) is 0 Å². The number of aromatic nitrogens is 2. The van der Waals surface area contributed by atoms with Gasteiger partial charge in [-0.3, -0.25) is 0 Å². The summed E-state index contributed by atoms with van der Waals surface area (Å²) in [6, 6.07) is 64.9. The second kappa shape index (κ2) is 11.1. The average Bonchev–Trinajstić information content (AvgIpc) is 3.97. The van der Waals surface area contributed by atoms with Crippen LogP contribution in [0.25, 0.3) is 110 Å². The minimum absolute atomic E-state index is 0.897. The number of hydrogen-bond donors (Lipinski definition) is 0. The van der Waals surface area contributed by atoms with E-state index >= 15 is 0 Å². The molecule has 0 saturated carbocycles. The highest BCUT2D eigenvalue weighted by Gasteiger charge is 2.23. The molecule has 0 radical (unpaired) electrons. The first-order valence-corrected chi connectivity index (χ1v) is 18.3. The van der Waals surface area contributed by atoms with Crippen LogP contribution in [0.2, 0.25) is 0 Å². The minimum atomic E-state index is 0.897. The number of furan rings is 2. The van der Waals surface area contributed by atoms with Gasteiger partial charge in [0, 0.05) is 43.7 Å². The molecule has 252 valence electrons. The molecule has 54 heavy (non-hydrogen) atoms. The van der Waals surface area contributed by atoms with E-state index in [0.717, 1.165) is 88.5 Å². The monoisotopic (exact) mass is 690 g/mol. The van der Waals surface area contributed by atoms with E-state index in [9.17, 15) is 0 Å². The van der Waals surface area contributed by atoms with Gasteiger partial charge in [-0.2, -0.15) is 0 Å². The van der Waals surface area contributed by atoms with E-state index in [-0.39, 0.29) is 0 Å². The lowest BCUT2D eigenvalue weighted by atomic mass is 10.0. The van der Waals surface area contributed by atoms with Crippen LogP contribution in [-0.2, 0) is 0 Å². The second-order valence-corrected chi connectivity index (χ2v) is 14.1. The van der Waals surface area contributed by atoms with Crippen molar-refractivity contribution in [2.75, 3.05) is 0 Å². The number of para-hydroxylation sites is 4. The van der Waals surface area contributed by atoms with Gasteiger partial charge in [0.05, 0.1) is 22.1 Å². The lowest BCUT2D eigenvalue weighted by Gasteiger charge is -2.11. The van der Waals surface area contributed by atoms with Crippen LogP contribution in [0.5, 0.6) is 0 Å². The molecule has 0 aliphatic carbocycles. The topological polar surface area (TPSA) is 36.1 Å². The highest BCUT2D eigenvalue weighted by atomic mass is 16.3. The maximum atomic E-state index is 6.31. The van der Waals surface area contributed by atoms with Crippen molar-refractivity contribution in [2.24, 2.45) is 0 Å². The van der Waals surface area contributed by atoms with E-state index in [1.165, 1.54) is 21.8 Å². The summed E-state index contributed by atoms with van der Waals surface area (Å²) in [4.78, 5) is 0. The predicted octanol–water partition coefficient (Wildman–Crippen LogP) is 13.9. The standard InChI is InChI=1S/C50H30N2O2/c1-3-11-35(12-4-1)51-43-27-31(33-19-23-39-37-15-7-9-17-45(37)53-47(39)29-33)21-25-41(43)50-49(51)42-26-22-32(28-44(42)52(50)36-13-5-2-6-14-36)34-20-24-40-38-16-8-10-18-46(38)54-48(40)30-34/h1-30H. The van der Waals surface area contributed by atoms with Gasteiger partial charge in [-0.05, 0) is 95.1 Å². The summed E-state index contributed by atoms with van der Waals surface area (Å²) in [5.74, 6) is 0. The van der Waals surface area contributed by atoms with Gasteiger partial charge in [0.15, 0.2) is 0 Å². The van der Waals surface area contributed by atoms with Gasteiger partial charge in [0.25, 0.3) is 0 Å². The molecule has 0 N–H and O–H groups in total. The predicted molar refractivity (Wildman–Crippen MR) is 223 cm³/mol. The Hall–Kier alpha value is -7.30. The van der Waals surface area contributed by atoms with Crippen LogP contribution >= 0.6 is 0 Å². The Labute approximate surface area is 309 Å². The molecular weight excluding hydrogens is 661 g/mol. The third-order valence-electron chi connectivity index (χ3n) is 11.1. The highest BCUT2D eigenvalue weighted by molar-refractivity contribution is 6.21. The fourth-order valence-electron chi connectivity index (χ4n) is 8.64. The Bertz CT molecular complexity index is 3200. The van der Waals surface area contributed by atoms with Crippen molar-refractivity contribution in [1.82, 2.24) is 9.13 Å². The van der Waals surface area contributed by atoms with E-state index in [1.807, 2.05) is 24.3 Å². The molecule has 0 unspecified atom stereocenters. The zero-order chi connectivity index (χ0) is 35.3. The van der Waals surface area contributed by atoms with Crippen molar-refractivity contribution in [3.63, 3.8) is 0 Å². The third-order valence-corrected chi connectivity index (χ3v) is 11.1. The molecule has 0 atom stereocenters. The maximum absolute atomic E-state index is 6.31. The minimum Gasteiger partial charge on any atom is -0.456 e. The fraction of sp³-hybridized carbons (Fsp3) is 0. The number of nitrogens with zero attached hydrogens (tertiary/aromatic N) is 2. The normalized spacial score (nSPS) is 12.1. The molecule has 0 amide bonds. The molecular formula is C50H30N2O2. The molecule has 0 aliphatic rings. The van der Waals surface area contributed by atoms with E-state index in [4.69, 9.17) is 8.83 Å². The molecule has 8 aromatic carbocycles. The first-order valence-electron chi connectivity index (χ1n) is 18.3. The Morgan fingerprint density at radius 3 is 1.07 bits per heavy atom. The summed E-state index contributed by atoms with van der Waals surface area (Å²) in [5, 5.41) is 6.92. The smallest absolute Gasteiger partial charge is 0.136 e. The van der Waals surface area contributed by atoms with Crippen molar-refractivity contribution in [3.05, 3.63) is 182 Å². The van der Waals surface area contributed by atoms with Crippen molar-refractivity contribution >= 4 is 76.7 Å². The number of fused-ring (bicyclic) bond motifs is 11. The highest BCUT2D eigenvalue weighted by Crippen LogP contribution is 2.44. The molecule has 0 aliphatic heterocycles. The van der Waals surface area contributed by atoms with Gasteiger partial charge >= 0.3 is 0 Å². The Morgan fingerprint density at radius 1 is 0.278 bits per heavy atom. The molecule has 4 aromatic heterocycles. The van der Waals surface area contributed by atoms with Crippen LogP contribution in [-0.4, -0.2) is 9.13 Å². The van der Waals surface area contributed by atoms with Gasteiger partial charge in [0.2, 0.25) is 0 Å². The largest absolute Gasteiger partial charge is 0.456 e. The SMILES string of the molecule is c1ccc(-n2c3cc(-c4ccc5c(c4)oc4ccccc45)ccc3c3c2c2ccc(-c4ccc5c(c4)oc4ccccc45)cc2n3-c2ccccc2)cc1. The summed E-state index contributed by atoms with van der Waals surface area (Å²) in [5.41, 5.74) is 15.0. The van der Waals surface area contributed by atoms with Crippen molar-refractivity contribution in [2.45, 2.75) is 0 Å². The lowest BCUT2D eigenvalue weighted by Crippen LogP contribution is -1.94. The molecule has 0 saturated heterocycles. The molecule has 12 aromatic rings. The first kappa shape index (κ1) is 29.3. The molecule has 0 bridgehead atoms. The summed E-state index contributed by atoms with van der Waals surface area (Å²) in [7, 11) is 0. The van der Waals surface area contributed by atoms with Crippen molar-refractivity contribution < 1.29 is 8.83 Å². The Balaban J connectivity index is 1.12. The fourth-order valence-corrected chi connectivity index (χ4v) is 8.64. The summed E-state index contributed by atoms with van der Waals surface area (Å²) in [6.07, 6.45) is 0. The van der Waals surface area contributed by atoms with Crippen molar-refractivity contribution in [1.29, 1.82) is 0 Å². The maximum Gasteiger partial charge on any atom is 0.136 e. The summed E-state index contributed by atoms with van der Waals surface area (Å²) < 4.78 is 17.5. The molecule has 0 spiro atoms. The quantitative estimate of drug-likeness (QED) is 0.184. The van der Waals surface area contributed by atoms with Crippen molar-refractivity contribution in [3.8, 4) is 33.6 Å². The average molecular weight is 691 g/mol. The van der Waals surface area contributed by atoms with Crippen LogP contribution in [0, 0.1) is 0 Å². The van der Waals surface area contributed by atoms with Crippen LogP contribution in [0.4, 0.5) is 0 Å². The number of hydrogen-bond acceptors (Lipinski definition) is 2. The van der Waals surface area contributed by atoms with Crippen LogP contribution in [0.3, 0.4) is 0 Å². The van der Waals surface area contributed by atoms with E-state index < -0.39 is 0 Å². The zero-order valence-corrected chi connectivity index (χ0v) is 29.0. The zero-order valence-electron chi connectivity index (χ0n) is 29.0. The van der Waals surface area contributed by atoms with Crippen LogP contribution < -0.4 is 0 Å². The van der Waals surface area contributed by atoms with Crippen LogP contribution in [0.1, 0.15) is 0 Å². The summed E-state index contributed by atoms with van der Waals surface area (Å²) >= 11 is 0. The molecule has 4 heteroatoms. The van der Waals surface area contributed by atoms with Gasteiger partial charge in [-0.25, -0.2) is 0 Å². The molecule has 4 heterocycles. The lowest BCUT2D eigenvalue weighted by molar-refractivity contribution is 0.668. The Morgan fingerprint density at radius 2 is 0.630 bits per heavy atom. The van der Waals surface area contributed by atoms with Gasteiger partial charge < -0.3 is 18.0 Å². The third kappa shape index (κ3) is 4.19. The van der Waals surface area contributed by atoms with E-state index in [1.54, 1.807) is 0 Å². The van der Waals surface area contributed by atoms with E-state index in [2.05, 4.69) is 167 Å². The van der Waals surface area contributed by atoms with Gasteiger partial charge in [-0.1, -0.05) is 109 Å². The molecule has 12 rings (SSSR count). The Kier molecular flexibility index (Phi) is 6.02. The molecule has 0 fully saturated rings. The van der Waals surface area contributed by atoms with Crippen LogP contribution in [0.15, 0.2) is 191 Å². The summed E-state index contributed by atoms with van der Waals surface area (Å²) in [6.45, 7) is 0. The second-order valence-electron chi connectivity index (χ2n) is 14.1. The number of rotatable bonds is 4.